The van der Waals surface area contributed by atoms with Crippen LogP contribution in [0.2, 0.25) is 0 Å². The molecular weight excluding hydrogens is 256 g/mol. The topological polar surface area (TPSA) is 12.0 Å². The van der Waals surface area contributed by atoms with Crippen molar-refractivity contribution in [1.82, 2.24) is 5.32 Å². The van der Waals surface area contributed by atoms with Gasteiger partial charge in [-0.05, 0) is 43.4 Å². The first-order valence-electron chi connectivity index (χ1n) is 7.76. The molecule has 0 aromatic heterocycles. The van der Waals surface area contributed by atoms with Crippen LogP contribution in [0.25, 0.3) is 0 Å². The van der Waals surface area contributed by atoms with E-state index in [1.165, 1.54) is 24.6 Å². The fourth-order valence-electron chi connectivity index (χ4n) is 3.42. The van der Waals surface area contributed by atoms with Crippen molar-refractivity contribution in [1.29, 1.82) is 0 Å². The van der Waals surface area contributed by atoms with Gasteiger partial charge in [0.15, 0.2) is 0 Å². The molecule has 0 aliphatic heterocycles. The van der Waals surface area contributed by atoms with E-state index in [0.29, 0.717) is 0 Å². The molecule has 0 saturated heterocycles. The average Bonchev–Trinajstić information content (AvgIpc) is 2.42. The van der Waals surface area contributed by atoms with Crippen molar-refractivity contribution in [2.24, 2.45) is 5.41 Å². The molecule has 1 N–H and O–H groups in total. The first kappa shape index (κ1) is 15.4. The maximum Gasteiger partial charge on any atom is 0.130 e. The van der Waals surface area contributed by atoms with Crippen LogP contribution in [0, 0.1) is 17.0 Å². The van der Waals surface area contributed by atoms with Crippen LogP contribution >= 0.6 is 0 Å². The molecule has 0 heterocycles. The molecule has 1 saturated carbocycles. The minimum atomic E-state index is -0.426. The molecule has 1 aliphatic rings. The van der Waals surface area contributed by atoms with Crippen LogP contribution in [0.3, 0.4) is 0 Å². The van der Waals surface area contributed by atoms with E-state index in [2.05, 4.69) is 19.2 Å². The summed E-state index contributed by atoms with van der Waals surface area (Å²) in [5.74, 6) is -0.851. The predicted octanol–water partition coefficient (Wildman–Crippen LogP) is 4.98. The van der Waals surface area contributed by atoms with Gasteiger partial charge in [-0.1, -0.05) is 39.2 Å². The van der Waals surface area contributed by atoms with E-state index in [9.17, 15) is 8.78 Å². The first-order valence-corrected chi connectivity index (χ1v) is 7.76. The van der Waals surface area contributed by atoms with Crippen molar-refractivity contribution >= 4 is 0 Å². The molecule has 1 unspecified atom stereocenters. The molecular formula is C17H25F2N. The van der Waals surface area contributed by atoms with Crippen LogP contribution in [0.1, 0.15) is 64.0 Å². The van der Waals surface area contributed by atoms with Crippen LogP contribution in [0.15, 0.2) is 18.2 Å². The van der Waals surface area contributed by atoms with E-state index < -0.39 is 11.6 Å². The highest BCUT2D eigenvalue weighted by Gasteiger charge is 2.38. The van der Waals surface area contributed by atoms with Crippen molar-refractivity contribution in [2.45, 2.75) is 58.4 Å². The molecule has 3 heteroatoms. The molecule has 20 heavy (non-hydrogen) atoms. The van der Waals surface area contributed by atoms with Gasteiger partial charge in [-0.2, -0.15) is 0 Å². The van der Waals surface area contributed by atoms with E-state index in [-0.39, 0.29) is 17.0 Å². The molecule has 112 valence electrons. The van der Waals surface area contributed by atoms with Gasteiger partial charge in [0, 0.05) is 11.6 Å². The van der Waals surface area contributed by atoms with E-state index in [0.717, 1.165) is 38.6 Å². The van der Waals surface area contributed by atoms with Crippen LogP contribution in [-0.4, -0.2) is 6.54 Å². The number of halogens is 2. The van der Waals surface area contributed by atoms with Crippen molar-refractivity contribution in [3.05, 3.63) is 35.4 Å². The van der Waals surface area contributed by atoms with Gasteiger partial charge in [-0.3, -0.25) is 0 Å². The van der Waals surface area contributed by atoms with Gasteiger partial charge in [0.2, 0.25) is 0 Å². The summed E-state index contributed by atoms with van der Waals surface area (Å²) in [5, 5.41) is 3.40. The lowest BCUT2D eigenvalue weighted by Crippen LogP contribution is -2.39. The Morgan fingerprint density at radius 3 is 2.30 bits per heavy atom. The van der Waals surface area contributed by atoms with Crippen molar-refractivity contribution in [3.63, 3.8) is 0 Å². The second-order valence-corrected chi connectivity index (χ2v) is 6.24. The summed E-state index contributed by atoms with van der Waals surface area (Å²) in [6.45, 7) is 5.03. The fraction of sp³-hybridized carbons (Fsp3) is 0.647. The lowest BCUT2D eigenvalue weighted by Gasteiger charge is -2.41. The Balaban J connectivity index is 2.36. The van der Waals surface area contributed by atoms with E-state index >= 15 is 0 Å². The molecule has 1 aliphatic carbocycles. The van der Waals surface area contributed by atoms with Crippen molar-refractivity contribution < 1.29 is 8.78 Å². The second kappa shape index (κ2) is 6.66. The summed E-state index contributed by atoms with van der Waals surface area (Å²) < 4.78 is 28.3. The minimum absolute atomic E-state index is 0.0591. The Morgan fingerprint density at radius 1 is 1.15 bits per heavy atom. The molecule has 1 nitrogen and oxygen atoms in total. The zero-order valence-corrected chi connectivity index (χ0v) is 12.5. The SMILES string of the molecule is CCCNC(c1c(F)cccc1F)C1(C)CCCCC1. The van der Waals surface area contributed by atoms with Gasteiger partial charge >= 0.3 is 0 Å². The Labute approximate surface area is 120 Å². The van der Waals surface area contributed by atoms with Crippen LogP contribution < -0.4 is 5.32 Å². The predicted molar refractivity (Wildman–Crippen MR) is 78.6 cm³/mol. The molecule has 0 radical (unpaired) electrons. The van der Waals surface area contributed by atoms with Crippen molar-refractivity contribution in [2.75, 3.05) is 6.54 Å². The first-order chi connectivity index (χ1) is 9.58. The average molecular weight is 281 g/mol. The number of nitrogens with one attached hydrogen (secondary N) is 1. The number of hydrogen-bond acceptors (Lipinski definition) is 1. The Kier molecular flexibility index (Phi) is 5.14. The van der Waals surface area contributed by atoms with Gasteiger partial charge in [0.05, 0.1) is 0 Å². The second-order valence-electron chi connectivity index (χ2n) is 6.24. The molecule has 2 rings (SSSR count). The van der Waals surface area contributed by atoms with E-state index in [1.807, 2.05) is 0 Å². The lowest BCUT2D eigenvalue weighted by molar-refractivity contribution is 0.139. The van der Waals surface area contributed by atoms with Crippen molar-refractivity contribution in [3.8, 4) is 0 Å². The van der Waals surface area contributed by atoms with Gasteiger partial charge in [0.25, 0.3) is 0 Å². The highest BCUT2D eigenvalue weighted by molar-refractivity contribution is 5.25. The van der Waals surface area contributed by atoms with Gasteiger partial charge in [-0.25, -0.2) is 8.78 Å². The molecule has 0 spiro atoms. The maximum atomic E-state index is 14.2. The Hall–Kier alpha value is -0.960. The number of hydrogen-bond donors (Lipinski definition) is 1. The minimum Gasteiger partial charge on any atom is -0.309 e. The third kappa shape index (κ3) is 3.20. The van der Waals surface area contributed by atoms with Crippen LogP contribution in [-0.2, 0) is 0 Å². The highest BCUT2D eigenvalue weighted by Crippen LogP contribution is 2.46. The summed E-state index contributed by atoms with van der Waals surface area (Å²) in [6, 6.07) is 3.94. The molecule has 1 fully saturated rings. The molecule has 0 bridgehead atoms. The quantitative estimate of drug-likeness (QED) is 0.803. The summed E-state index contributed by atoms with van der Waals surface area (Å²) in [5.41, 5.74) is 0.168. The zero-order chi connectivity index (χ0) is 14.6. The van der Waals surface area contributed by atoms with E-state index in [1.54, 1.807) is 0 Å². The van der Waals surface area contributed by atoms with E-state index in [4.69, 9.17) is 0 Å². The van der Waals surface area contributed by atoms with Crippen LogP contribution in [0.5, 0.6) is 0 Å². The zero-order valence-electron chi connectivity index (χ0n) is 12.5. The fourth-order valence-corrected chi connectivity index (χ4v) is 3.42. The largest absolute Gasteiger partial charge is 0.309 e. The third-order valence-electron chi connectivity index (χ3n) is 4.58. The number of benzene rings is 1. The number of rotatable bonds is 5. The molecule has 1 aromatic carbocycles. The van der Waals surface area contributed by atoms with Gasteiger partial charge in [0.1, 0.15) is 11.6 Å². The molecule has 1 aromatic rings. The molecule has 0 amide bonds. The summed E-state index contributed by atoms with van der Waals surface area (Å²) in [6.07, 6.45) is 6.55. The monoisotopic (exact) mass is 281 g/mol. The normalized spacial score (nSPS) is 19.8. The maximum absolute atomic E-state index is 14.2. The van der Waals surface area contributed by atoms with Crippen LogP contribution in [0.4, 0.5) is 8.78 Å². The smallest absolute Gasteiger partial charge is 0.130 e. The molecule has 1 atom stereocenters. The summed E-state index contributed by atoms with van der Waals surface area (Å²) in [4.78, 5) is 0. The summed E-state index contributed by atoms with van der Waals surface area (Å²) in [7, 11) is 0. The van der Waals surface area contributed by atoms with Gasteiger partial charge in [-0.15, -0.1) is 0 Å². The Morgan fingerprint density at radius 2 is 1.75 bits per heavy atom. The summed E-state index contributed by atoms with van der Waals surface area (Å²) >= 11 is 0. The van der Waals surface area contributed by atoms with Gasteiger partial charge < -0.3 is 5.32 Å². The Bertz CT molecular complexity index is 418. The lowest BCUT2D eigenvalue weighted by atomic mass is 9.68. The highest BCUT2D eigenvalue weighted by atomic mass is 19.1. The standard InChI is InChI=1S/C17H25F2N/c1-3-12-20-16(17(2)10-5-4-6-11-17)15-13(18)8-7-9-14(15)19/h7-9,16,20H,3-6,10-12H2,1-2H3. The third-order valence-corrected chi connectivity index (χ3v) is 4.58.